The number of hydrogen-bond acceptors (Lipinski definition) is 0. The van der Waals surface area contributed by atoms with Gasteiger partial charge in [-0.1, -0.05) is 0 Å². The van der Waals surface area contributed by atoms with Crippen molar-refractivity contribution in [2.75, 3.05) is 0 Å². The van der Waals surface area contributed by atoms with Crippen molar-refractivity contribution in [1.82, 2.24) is 0 Å². The number of hydrogen-bond donors (Lipinski definition) is 0. The molecule has 7 heteroatoms. The van der Waals surface area contributed by atoms with Gasteiger partial charge in [-0.3, -0.25) is 0 Å². The van der Waals surface area contributed by atoms with Gasteiger partial charge >= 0.3 is 33.2 Å². The Bertz CT molecular complexity index is 41.3. The second-order valence-corrected chi connectivity index (χ2v) is 4.77. The molecule has 0 bridgehead atoms. The van der Waals surface area contributed by atoms with Crippen molar-refractivity contribution in [3.8, 4) is 0 Å². The van der Waals surface area contributed by atoms with Gasteiger partial charge in [0.25, 0.3) is 0 Å². The van der Waals surface area contributed by atoms with E-state index in [0.29, 0.717) is 0 Å². The predicted octanol–water partition coefficient (Wildman–Crippen LogP) is 1.27. The second kappa shape index (κ2) is 1.67. The Balaban J connectivity index is 0. The van der Waals surface area contributed by atoms with Crippen molar-refractivity contribution < 1.29 is 38.7 Å². The van der Waals surface area contributed by atoms with Gasteiger partial charge < -0.3 is 5.48 Å². The van der Waals surface area contributed by atoms with E-state index in [1.165, 1.54) is 0 Å². The third-order valence-corrected chi connectivity index (χ3v) is 0. The van der Waals surface area contributed by atoms with Gasteiger partial charge in [0, 0.05) is 0 Å². The Labute approximate surface area is 39.5 Å². The van der Waals surface area contributed by atoms with Crippen molar-refractivity contribution in [3.63, 3.8) is 0 Å². The van der Waals surface area contributed by atoms with Crippen molar-refractivity contribution in [1.29, 1.82) is 0 Å². The summed E-state index contributed by atoms with van der Waals surface area (Å²) < 4.78 is 49.6. The molecular formula is H2F5OW. The molecule has 0 aromatic rings. The van der Waals surface area contributed by atoms with Gasteiger partial charge in [0.15, 0.2) is 0 Å². The van der Waals surface area contributed by atoms with Crippen LogP contribution in [0.4, 0.5) is 15.8 Å². The van der Waals surface area contributed by atoms with Crippen molar-refractivity contribution >= 4 is 0 Å². The quantitative estimate of drug-likeness (QED) is 0.603. The van der Waals surface area contributed by atoms with Crippen LogP contribution in [-0.2, 0) is 17.4 Å². The fourth-order valence-corrected chi connectivity index (χ4v) is 0. The predicted molar refractivity (Wildman–Crippen MR) is 9.15 cm³/mol. The van der Waals surface area contributed by atoms with E-state index >= 15 is 0 Å². The molecule has 0 aliphatic rings. The van der Waals surface area contributed by atoms with Crippen LogP contribution in [-0.4, -0.2) is 5.48 Å². The van der Waals surface area contributed by atoms with Gasteiger partial charge in [-0.25, -0.2) is 0 Å². The first-order valence-electron chi connectivity index (χ1n) is 0.772. The summed E-state index contributed by atoms with van der Waals surface area (Å²) in [7, 11) is 0. The summed E-state index contributed by atoms with van der Waals surface area (Å²) in [5, 5.41) is 0. The van der Waals surface area contributed by atoms with Crippen LogP contribution in [0.15, 0.2) is 0 Å². The molecule has 0 aliphatic heterocycles. The summed E-state index contributed by atoms with van der Waals surface area (Å²) in [6.45, 7) is 0. The second-order valence-electron chi connectivity index (χ2n) is 0.583. The van der Waals surface area contributed by atoms with E-state index in [1.54, 1.807) is 0 Å². The summed E-state index contributed by atoms with van der Waals surface area (Å²) in [4.78, 5) is 0. The molecule has 0 fully saturated rings. The molecule has 2 N–H and O–H groups in total. The van der Waals surface area contributed by atoms with Gasteiger partial charge in [-0.05, 0) is 0 Å². The van der Waals surface area contributed by atoms with Gasteiger partial charge in [0.1, 0.15) is 0 Å². The molecule has 7 heavy (non-hydrogen) atoms. The van der Waals surface area contributed by atoms with Gasteiger partial charge in [0.05, 0.1) is 0 Å². The van der Waals surface area contributed by atoms with E-state index < -0.39 is 17.4 Å². The monoisotopic (exact) mass is 297 g/mol. The summed E-state index contributed by atoms with van der Waals surface area (Å²) in [5.74, 6) is 0. The summed E-state index contributed by atoms with van der Waals surface area (Å²) in [6, 6.07) is 0. The third-order valence-electron chi connectivity index (χ3n) is 0. The Morgan fingerprint density at radius 2 is 0.714 bits per heavy atom. The maximum atomic E-state index is 9.92. The van der Waals surface area contributed by atoms with Crippen LogP contribution in [0, 0.1) is 0 Å². The van der Waals surface area contributed by atoms with Crippen LogP contribution in [0.3, 0.4) is 0 Å². The molecular weight excluding hydrogens is 295 g/mol. The molecule has 0 heterocycles. The van der Waals surface area contributed by atoms with E-state index in [0.717, 1.165) is 0 Å². The molecule has 0 radical (unpaired) electrons. The molecule has 1 nitrogen and oxygen atoms in total. The minimum absolute atomic E-state index is 0. The fraction of sp³-hybridized carbons (Fsp3) is 0. The first-order valence-corrected chi connectivity index (χ1v) is 6.32. The average molecular weight is 297 g/mol. The van der Waals surface area contributed by atoms with E-state index in [4.69, 9.17) is 0 Å². The zero-order valence-electron chi connectivity index (χ0n) is 2.80. The zero-order valence-corrected chi connectivity index (χ0v) is 5.73. The molecule has 0 aliphatic carbocycles. The Morgan fingerprint density at radius 3 is 0.714 bits per heavy atom. The SMILES string of the molecule is O.[F][W]([F])([F])([F])[F]. The molecule has 0 aromatic heterocycles. The standard InChI is InChI=1S/5FH.H2O.W/h5*1H;1H2;/q;;;;;;+5/p-5. The van der Waals surface area contributed by atoms with Crippen LogP contribution < -0.4 is 0 Å². The molecule has 0 atom stereocenters. The van der Waals surface area contributed by atoms with Crippen molar-refractivity contribution in [2.24, 2.45) is 0 Å². The summed E-state index contributed by atoms with van der Waals surface area (Å²) in [5.41, 5.74) is 0. The summed E-state index contributed by atoms with van der Waals surface area (Å²) >= 11 is -9.25. The van der Waals surface area contributed by atoms with Crippen LogP contribution in [0.5, 0.6) is 0 Å². The first-order chi connectivity index (χ1) is 2.24. The van der Waals surface area contributed by atoms with Gasteiger partial charge in [-0.15, -0.1) is 0 Å². The first kappa shape index (κ1) is 10.3. The van der Waals surface area contributed by atoms with Crippen molar-refractivity contribution in [3.05, 3.63) is 0 Å². The average Bonchev–Trinajstić information content (AvgIpc) is 0.650. The maximum absolute atomic E-state index is 9.92. The molecule has 0 aromatic carbocycles. The van der Waals surface area contributed by atoms with Crippen LogP contribution in [0.1, 0.15) is 0 Å². The molecule has 0 amide bonds. The van der Waals surface area contributed by atoms with Crippen LogP contribution in [0.25, 0.3) is 0 Å². The minimum atomic E-state index is -9.25. The van der Waals surface area contributed by atoms with E-state index in [2.05, 4.69) is 0 Å². The molecule has 0 rings (SSSR count). The Morgan fingerprint density at radius 1 is 0.714 bits per heavy atom. The Hall–Kier alpha value is 0.298. The van der Waals surface area contributed by atoms with E-state index in [9.17, 15) is 15.8 Å². The van der Waals surface area contributed by atoms with Gasteiger partial charge in [-0.2, -0.15) is 0 Å². The Kier molecular flexibility index (Phi) is 2.46. The number of rotatable bonds is 0. The van der Waals surface area contributed by atoms with Crippen molar-refractivity contribution in [2.45, 2.75) is 0 Å². The number of halogens is 5. The third kappa shape index (κ3) is 1310. The normalized spacial score (nSPS) is 16.4. The molecule has 0 saturated carbocycles. The summed E-state index contributed by atoms with van der Waals surface area (Å²) in [6.07, 6.45) is 0. The fourth-order valence-electron chi connectivity index (χ4n) is 0. The topological polar surface area (TPSA) is 31.5 Å². The molecule has 0 unspecified atom stereocenters. The van der Waals surface area contributed by atoms with Crippen LogP contribution >= 0.6 is 0 Å². The van der Waals surface area contributed by atoms with E-state index in [-0.39, 0.29) is 5.48 Å². The zero-order chi connectivity index (χ0) is 5.45. The van der Waals surface area contributed by atoms with E-state index in [1.807, 2.05) is 0 Å². The van der Waals surface area contributed by atoms with Crippen LogP contribution in [0.2, 0.25) is 0 Å². The molecule has 49 valence electrons. The van der Waals surface area contributed by atoms with Gasteiger partial charge in [0.2, 0.25) is 0 Å². The molecule has 0 saturated heterocycles. The molecule has 0 spiro atoms.